The Labute approximate surface area is 81.2 Å². The molecule has 0 bridgehead atoms. The lowest BCUT2D eigenvalue weighted by Gasteiger charge is -2.00. The largest absolute Gasteiger partial charge is 0.480 e. The molecule has 0 spiro atoms. The normalized spacial score (nSPS) is 9.92. The zero-order valence-corrected chi connectivity index (χ0v) is 7.75. The van der Waals surface area contributed by atoms with Gasteiger partial charge in [-0.3, -0.25) is 0 Å². The number of methoxy groups -OCH3 is 1. The molecule has 1 aromatic rings. The van der Waals surface area contributed by atoms with Crippen molar-refractivity contribution >= 4 is 17.7 Å². The van der Waals surface area contributed by atoms with E-state index < -0.39 is 0 Å². The highest BCUT2D eigenvalue weighted by Crippen LogP contribution is 2.22. The highest BCUT2D eigenvalue weighted by Gasteiger charge is 2.00. The average Bonchev–Trinajstić information content (AvgIpc) is 2.15. The summed E-state index contributed by atoms with van der Waals surface area (Å²) >= 11 is 5.80. The van der Waals surface area contributed by atoms with Crippen molar-refractivity contribution in [2.24, 2.45) is 0 Å². The summed E-state index contributed by atoms with van der Waals surface area (Å²) in [4.78, 5) is 3.93. The van der Waals surface area contributed by atoms with Crippen LogP contribution in [0.25, 0.3) is 6.08 Å². The molecular weight excluding hydrogens is 188 g/mol. The first-order valence-electron chi connectivity index (χ1n) is 3.53. The number of rotatable bonds is 2. The standard InChI is InChI=1S/C9H7ClN2O/c1-13-9-8(10)5-7(6-12-9)3-2-4-11/h2-3,5-6H,1H3. The fourth-order valence-electron chi connectivity index (χ4n) is 0.815. The van der Waals surface area contributed by atoms with Gasteiger partial charge in [0.2, 0.25) is 5.88 Å². The van der Waals surface area contributed by atoms with Crippen LogP contribution in [-0.4, -0.2) is 12.1 Å². The van der Waals surface area contributed by atoms with Gasteiger partial charge in [-0.05, 0) is 17.7 Å². The van der Waals surface area contributed by atoms with Gasteiger partial charge in [-0.2, -0.15) is 5.26 Å². The molecule has 0 saturated carbocycles. The molecule has 0 N–H and O–H groups in total. The number of aromatic nitrogens is 1. The Bertz CT molecular complexity index is 368. The summed E-state index contributed by atoms with van der Waals surface area (Å²) in [6.07, 6.45) is 4.57. The molecule has 0 fully saturated rings. The second-order valence-corrected chi connectivity index (χ2v) is 2.63. The molecule has 0 amide bonds. The number of pyridine rings is 1. The summed E-state index contributed by atoms with van der Waals surface area (Å²) in [5.74, 6) is 0.385. The number of allylic oxidation sites excluding steroid dienone is 1. The Balaban J connectivity index is 2.97. The molecule has 0 unspecified atom stereocenters. The summed E-state index contributed by atoms with van der Waals surface area (Å²) in [6, 6.07) is 3.56. The van der Waals surface area contributed by atoms with Crippen molar-refractivity contribution in [1.82, 2.24) is 4.98 Å². The molecule has 0 aromatic carbocycles. The van der Waals surface area contributed by atoms with Gasteiger partial charge < -0.3 is 4.74 Å². The SMILES string of the molecule is COc1ncc(C=CC#N)cc1Cl. The van der Waals surface area contributed by atoms with Crippen LogP contribution in [0.2, 0.25) is 5.02 Å². The third-order valence-corrected chi connectivity index (χ3v) is 1.64. The van der Waals surface area contributed by atoms with E-state index in [1.165, 1.54) is 13.2 Å². The number of halogens is 1. The number of nitriles is 1. The minimum absolute atomic E-state index is 0.385. The monoisotopic (exact) mass is 194 g/mol. The second kappa shape index (κ2) is 4.48. The molecule has 4 heteroatoms. The van der Waals surface area contributed by atoms with Crippen LogP contribution in [0, 0.1) is 11.3 Å². The summed E-state index contributed by atoms with van der Waals surface area (Å²) in [6.45, 7) is 0. The summed E-state index contributed by atoms with van der Waals surface area (Å²) in [7, 11) is 1.50. The molecule has 1 heterocycles. The van der Waals surface area contributed by atoms with Gasteiger partial charge in [0.05, 0.1) is 13.2 Å². The van der Waals surface area contributed by atoms with E-state index in [-0.39, 0.29) is 0 Å². The van der Waals surface area contributed by atoms with Crippen LogP contribution in [0.4, 0.5) is 0 Å². The van der Waals surface area contributed by atoms with Crippen molar-refractivity contribution in [3.63, 3.8) is 0 Å². The molecule has 66 valence electrons. The Kier molecular flexibility index (Phi) is 3.30. The summed E-state index contributed by atoms with van der Waals surface area (Å²) in [5.41, 5.74) is 0.771. The smallest absolute Gasteiger partial charge is 0.232 e. The average molecular weight is 195 g/mol. The van der Waals surface area contributed by atoms with E-state index >= 15 is 0 Å². The van der Waals surface area contributed by atoms with Crippen molar-refractivity contribution in [2.75, 3.05) is 7.11 Å². The molecule has 0 aliphatic rings. The van der Waals surface area contributed by atoms with Crippen molar-refractivity contribution in [1.29, 1.82) is 5.26 Å². The molecule has 0 aliphatic carbocycles. The van der Waals surface area contributed by atoms with Crippen LogP contribution in [0.3, 0.4) is 0 Å². The first-order valence-corrected chi connectivity index (χ1v) is 3.91. The van der Waals surface area contributed by atoms with E-state index in [0.29, 0.717) is 10.9 Å². The molecule has 0 atom stereocenters. The lowest BCUT2D eigenvalue weighted by atomic mass is 10.2. The molecule has 13 heavy (non-hydrogen) atoms. The first kappa shape index (κ1) is 9.56. The highest BCUT2D eigenvalue weighted by atomic mass is 35.5. The zero-order valence-electron chi connectivity index (χ0n) is 6.99. The molecular formula is C9H7ClN2O. The maximum absolute atomic E-state index is 8.28. The lowest BCUT2D eigenvalue weighted by molar-refractivity contribution is 0.398. The van der Waals surface area contributed by atoms with Gasteiger partial charge in [0.15, 0.2) is 0 Å². The molecule has 0 radical (unpaired) electrons. The third kappa shape index (κ3) is 2.46. The van der Waals surface area contributed by atoms with Crippen LogP contribution in [0.1, 0.15) is 5.56 Å². The maximum atomic E-state index is 8.28. The van der Waals surface area contributed by atoms with Gasteiger partial charge >= 0.3 is 0 Å². The summed E-state index contributed by atoms with van der Waals surface area (Å²) < 4.78 is 4.87. The van der Waals surface area contributed by atoms with Gasteiger partial charge in [0, 0.05) is 12.3 Å². The van der Waals surface area contributed by atoms with Crippen LogP contribution in [-0.2, 0) is 0 Å². The van der Waals surface area contributed by atoms with Crippen molar-refractivity contribution in [2.45, 2.75) is 0 Å². The molecule has 1 rings (SSSR count). The van der Waals surface area contributed by atoms with Crippen LogP contribution < -0.4 is 4.74 Å². The zero-order chi connectivity index (χ0) is 9.68. The summed E-state index contributed by atoms with van der Waals surface area (Å²) in [5, 5.41) is 8.72. The highest BCUT2D eigenvalue weighted by molar-refractivity contribution is 6.31. The molecule has 0 saturated heterocycles. The number of hydrogen-bond acceptors (Lipinski definition) is 3. The van der Waals surface area contributed by atoms with Gasteiger partial charge in [-0.25, -0.2) is 4.98 Å². The van der Waals surface area contributed by atoms with Crippen LogP contribution in [0.15, 0.2) is 18.3 Å². The topological polar surface area (TPSA) is 45.9 Å². The molecule has 0 aliphatic heterocycles. The maximum Gasteiger partial charge on any atom is 0.232 e. The van der Waals surface area contributed by atoms with Crippen molar-refractivity contribution in [3.05, 3.63) is 28.9 Å². The predicted octanol–water partition coefficient (Wildman–Crippen LogP) is 2.28. The van der Waals surface area contributed by atoms with E-state index in [1.807, 2.05) is 6.07 Å². The third-order valence-electron chi connectivity index (χ3n) is 1.37. The molecule has 1 aromatic heterocycles. The number of nitrogens with zero attached hydrogens (tertiary/aromatic N) is 2. The van der Waals surface area contributed by atoms with Crippen LogP contribution in [0.5, 0.6) is 5.88 Å². The minimum atomic E-state index is 0.385. The van der Waals surface area contributed by atoms with Crippen LogP contribution >= 0.6 is 11.6 Å². The van der Waals surface area contributed by atoms with E-state index in [2.05, 4.69) is 4.98 Å². The van der Waals surface area contributed by atoms with Crippen molar-refractivity contribution in [3.8, 4) is 11.9 Å². The van der Waals surface area contributed by atoms with E-state index in [1.54, 1.807) is 18.3 Å². The Morgan fingerprint density at radius 3 is 3.00 bits per heavy atom. The fourth-order valence-corrected chi connectivity index (χ4v) is 1.07. The van der Waals surface area contributed by atoms with E-state index in [0.717, 1.165) is 5.56 Å². The lowest BCUT2D eigenvalue weighted by Crippen LogP contribution is -1.88. The number of hydrogen-bond donors (Lipinski definition) is 0. The predicted molar refractivity (Wildman–Crippen MR) is 50.4 cm³/mol. The van der Waals surface area contributed by atoms with E-state index in [4.69, 9.17) is 21.6 Å². The fraction of sp³-hybridized carbons (Fsp3) is 0.111. The van der Waals surface area contributed by atoms with E-state index in [9.17, 15) is 0 Å². The Morgan fingerprint density at radius 2 is 2.46 bits per heavy atom. The van der Waals surface area contributed by atoms with Gasteiger partial charge in [-0.15, -0.1) is 0 Å². The quantitative estimate of drug-likeness (QED) is 0.679. The Morgan fingerprint density at radius 1 is 1.69 bits per heavy atom. The molecule has 3 nitrogen and oxygen atoms in total. The first-order chi connectivity index (χ1) is 6.27. The van der Waals surface area contributed by atoms with Gasteiger partial charge in [-0.1, -0.05) is 11.6 Å². The van der Waals surface area contributed by atoms with Gasteiger partial charge in [0.1, 0.15) is 5.02 Å². The second-order valence-electron chi connectivity index (χ2n) is 2.22. The van der Waals surface area contributed by atoms with Crippen molar-refractivity contribution < 1.29 is 4.74 Å². The minimum Gasteiger partial charge on any atom is -0.480 e. The Hall–Kier alpha value is -1.53. The van der Waals surface area contributed by atoms with Gasteiger partial charge in [0.25, 0.3) is 0 Å². The number of ether oxygens (including phenoxy) is 1.